The summed E-state index contributed by atoms with van der Waals surface area (Å²) in [6.07, 6.45) is 9.51. The monoisotopic (exact) mass is 566 g/mol. The summed E-state index contributed by atoms with van der Waals surface area (Å²) in [5, 5.41) is 0. The number of amides is 1. The van der Waals surface area contributed by atoms with Crippen LogP contribution >= 0.6 is 11.9 Å². The number of aromatic nitrogens is 1. The first-order valence-electron chi connectivity index (χ1n) is 13.7. The summed E-state index contributed by atoms with van der Waals surface area (Å²) in [7, 11) is 0. The summed E-state index contributed by atoms with van der Waals surface area (Å²) in [5.41, 5.74) is 8.27. The van der Waals surface area contributed by atoms with Gasteiger partial charge in [-0.2, -0.15) is 0 Å². The number of halogens is 1. The third-order valence-corrected chi connectivity index (χ3v) is 7.52. The van der Waals surface area contributed by atoms with E-state index < -0.39 is 11.8 Å². The van der Waals surface area contributed by atoms with Crippen LogP contribution in [0, 0.1) is 11.7 Å². The van der Waals surface area contributed by atoms with Gasteiger partial charge in [0.25, 0.3) is 0 Å². The number of carbonyl (C=O) groups is 1. The SMILES string of the molecule is C=C.C=C(/C=C\C(=C/C(C)C)SNC(C)(C)CC)CN(c1ccccn1)c1cc(CC)c(F)cc1C(C)C(N)=O. The number of hydrogen-bond donors (Lipinski definition) is 2. The average molecular weight is 567 g/mol. The maximum atomic E-state index is 14.8. The van der Waals surface area contributed by atoms with Crippen LogP contribution in [0.1, 0.15) is 71.9 Å². The molecule has 1 aromatic carbocycles. The molecule has 1 aromatic heterocycles. The molecule has 0 aliphatic heterocycles. The summed E-state index contributed by atoms with van der Waals surface area (Å²) in [4.78, 5) is 19.8. The molecule has 0 aliphatic carbocycles. The Kier molecular flexibility index (Phi) is 14.7. The van der Waals surface area contributed by atoms with E-state index >= 15 is 0 Å². The van der Waals surface area contributed by atoms with Gasteiger partial charge in [0.1, 0.15) is 11.6 Å². The van der Waals surface area contributed by atoms with Gasteiger partial charge in [-0.25, -0.2) is 9.37 Å². The lowest BCUT2D eigenvalue weighted by Crippen LogP contribution is -2.33. The maximum Gasteiger partial charge on any atom is 0.224 e. The molecule has 1 unspecified atom stereocenters. The molecular formula is C33H47FN4OS. The van der Waals surface area contributed by atoms with Crippen molar-refractivity contribution in [2.75, 3.05) is 11.4 Å². The Bertz CT molecular complexity index is 1170. The number of nitrogens with two attached hydrogens (primary N) is 1. The van der Waals surface area contributed by atoms with Crippen LogP contribution in [0.3, 0.4) is 0 Å². The number of pyridine rings is 1. The summed E-state index contributed by atoms with van der Waals surface area (Å²) in [5.74, 6) is -0.478. The van der Waals surface area contributed by atoms with E-state index in [1.807, 2.05) is 36.1 Å². The predicted molar refractivity (Wildman–Crippen MR) is 172 cm³/mol. The molecule has 0 bridgehead atoms. The number of rotatable bonds is 14. The number of primary amides is 1. The molecule has 0 radical (unpaired) electrons. The Morgan fingerprint density at radius 1 is 1.20 bits per heavy atom. The topological polar surface area (TPSA) is 71.2 Å². The van der Waals surface area contributed by atoms with E-state index in [2.05, 4.69) is 76.2 Å². The van der Waals surface area contributed by atoms with Gasteiger partial charge in [-0.15, -0.1) is 13.2 Å². The summed E-state index contributed by atoms with van der Waals surface area (Å²) < 4.78 is 18.4. The van der Waals surface area contributed by atoms with Crippen LogP contribution in [0.4, 0.5) is 15.9 Å². The fraction of sp³-hybridized carbons (Fsp3) is 0.394. The Hall–Kier alpha value is -3.16. The van der Waals surface area contributed by atoms with E-state index in [0.29, 0.717) is 41.5 Å². The molecule has 3 N–H and O–H groups in total. The van der Waals surface area contributed by atoms with E-state index in [1.54, 1.807) is 31.1 Å². The third-order valence-electron chi connectivity index (χ3n) is 6.36. The second-order valence-electron chi connectivity index (χ2n) is 10.5. The molecule has 5 nitrogen and oxygen atoms in total. The summed E-state index contributed by atoms with van der Waals surface area (Å²) >= 11 is 1.62. The highest BCUT2D eigenvalue weighted by Gasteiger charge is 2.24. The molecule has 0 spiro atoms. The highest BCUT2D eigenvalue weighted by molar-refractivity contribution is 8.01. The van der Waals surface area contributed by atoms with E-state index in [1.165, 1.54) is 6.07 Å². The highest BCUT2D eigenvalue weighted by Crippen LogP contribution is 2.35. The van der Waals surface area contributed by atoms with Gasteiger partial charge < -0.3 is 10.6 Å². The van der Waals surface area contributed by atoms with Crippen molar-refractivity contribution in [3.8, 4) is 0 Å². The van der Waals surface area contributed by atoms with Crippen molar-refractivity contribution in [3.05, 3.63) is 102 Å². The smallest absolute Gasteiger partial charge is 0.224 e. The molecule has 2 rings (SSSR count). The van der Waals surface area contributed by atoms with Crippen molar-refractivity contribution in [3.63, 3.8) is 0 Å². The molecule has 0 saturated carbocycles. The standard InChI is InChI=1S/C31H43FN4OS.C2H4/c1-9-24-18-28(26(19-27(24)32)23(6)30(33)37)36(29-13-11-12-16-34-29)20-22(5)14-15-25(17-21(3)4)38-35-31(7,8)10-2;1-2/h11-19,21,23,35H,5,9-10,20H2,1-4,6-8H3,(H2,33,37);1-2H2/b15-14-,25-17+;. The molecule has 0 saturated heterocycles. The number of carbonyl (C=O) groups excluding carboxylic acids is 1. The van der Waals surface area contributed by atoms with Gasteiger partial charge in [-0.05, 0) is 98.5 Å². The third kappa shape index (κ3) is 10.8. The van der Waals surface area contributed by atoms with E-state index in [9.17, 15) is 9.18 Å². The molecule has 1 atom stereocenters. The van der Waals surface area contributed by atoms with Crippen molar-refractivity contribution in [2.24, 2.45) is 11.7 Å². The molecular weight excluding hydrogens is 519 g/mol. The highest BCUT2D eigenvalue weighted by atomic mass is 32.2. The number of nitrogens with zero attached hydrogens (tertiary/aromatic N) is 2. The summed E-state index contributed by atoms with van der Waals surface area (Å²) in [6, 6.07) is 8.86. The van der Waals surface area contributed by atoms with Gasteiger partial charge in [-0.1, -0.05) is 52.5 Å². The second-order valence-corrected chi connectivity index (χ2v) is 11.4. The Morgan fingerprint density at radius 2 is 1.88 bits per heavy atom. The van der Waals surface area contributed by atoms with Crippen molar-refractivity contribution in [1.82, 2.24) is 9.71 Å². The normalized spacial score (nSPS) is 12.7. The second kappa shape index (κ2) is 16.8. The molecule has 7 heteroatoms. The fourth-order valence-corrected chi connectivity index (χ4v) is 4.62. The Morgan fingerprint density at radius 3 is 2.40 bits per heavy atom. The van der Waals surface area contributed by atoms with Crippen molar-refractivity contribution in [2.45, 2.75) is 72.8 Å². The molecule has 218 valence electrons. The number of benzene rings is 1. The minimum atomic E-state index is -0.676. The first-order valence-corrected chi connectivity index (χ1v) is 14.5. The largest absolute Gasteiger partial charge is 0.369 e. The van der Waals surface area contributed by atoms with Gasteiger partial charge >= 0.3 is 0 Å². The fourth-order valence-electron chi connectivity index (χ4n) is 3.61. The van der Waals surface area contributed by atoms with Gasteiger partial charge in [0.05, 0.1) is 5.92 Å². The lowest BCUT2D eigenvalue weighted by molar-refractivity contribution is -0.119. The van der Waals surface area contributed by atoms with Crippen LogP contribution in [0.25, 0.3) is 0 Å². The van der Waals surface area contributed by atoms with Crippen LogP contribution in [0.15, 0.2) is 85.0 Å². The molecule has 40 heavy (non-hydrogen) atoms. The molecule has 0 fully saturated rings. The number of aryl methyl sites for hydroxylation is 1. The molecule has 1 heterocycles. The number of allylic oxidation sites excluding steroid dienone is 2. The molecule has 2 aromatic rings. The zero-order valence-corrected chi connectivity index (χ0v) is 26.1. The Balaban J connectivity index is 0.00000391. The van der Waals surface area contributed by atoms with Crippen molar-refractivity contribution in [1.29, 1.82) is 0 Å². The van der Waals surface area contributed by atoms with E-state index in [4.69, 9.17) is 5.73 Å². The minimum absolute atomic E-state index is 0.00838. The number of nitrogens with one attached hydrogen (secondary N) is 1. The van der Waals surface area contributed by atoms with Gasteiger partial charge in [0.2, 0.25) is 5.91 Å². The lowest BCUT2D eigenvalue weighted by atomic mass is 9.94. The van der Waals surface area contributed by atoms with E-state index in [0.717, 1.165) is 16.9 Å². The lowest BCUT2D eigenvalue weighted by Gasteiger charge is -2.29. The van der Waals surface area contributed by atoms with Gasteiger partial charge in [0.15, 0.2) is 0 Å². The van der Waals surface area contributed by atoms with Crippen LogP contribution in [-0.2, 0) is 11.2 Å². The quantitative estimate of drug-likeness (QED) is 0.136. The van der Waals surface area contributed by atoms with Crippen molar-refractivity contribution < 1.29 is 9.18 Å². The Labute approximate surface area is 245 Å². The van der Waals surface area contributed by atoms with E-state index in [-0.39, 0.29) is 11.4 Å². The van der Waals surface area contributed by atoms with Gasteiger partial charge in [0, 0.05) is 28.9 Å². The number of anilines is 2. The van der Waals surface area contributed by atoms with Crippen LogP contribution in [0.5, 0.6) is 0 Å². The maximum absolute atomic E-state index is 14.8. The zero-order chi connectivity index (χ0) is 30.5. The zero-order valence-electron chi connectivity index (χ0n) is 25.3. The first kappa shape index (κ1) is 34.9. The first-order chi connectivity index (χ1) is 18.9. The van der Waals surface area contributed by atoms with Crippen LogP contribution in [-0.4, -0.2) is 23.0 Å². The summed E-state index contributed by atoms with van der Waals surface area (Å²) in [6.45, 7) is 25.1. The van der Waals surface area contributed by atoms with Crippen LogP contribution in [0.2, 0.25) is 0 Å². The number of hydrogen-bond acceptors (Lipinski definition) is 5. The average Bonchev–Trinajstić information content (AvgIpc) is 2.94. The molecule has 0 aliphatic rings. The van der Waals surface area contributed by atoms with Crippen LogP contribution < -0.4 is 15.4 Å². The minimum Gasteiger partial charge on any atom is -0.369 e. The van der Waals surface area contributed by atoms with Gasteiger partial charge in [-0.3, -0.25) is 9.52 Å². The molecule has 1 amide bonds. The predicted octanol–water partition coefficient (Wildman–Crippen LogP) is 8.39. The van der Waals surface area contributed by atoms with Crippen molar-refractivity contribution >= 4 is 29.4 Å².